The molecule has 0 bridgehead atoms. The molecule has 3 rings (SSSR count). The van der Waals surface area contributed by atoms with Gasteiger partial charge in [0.2, 0.25) is 0 Å². The van der Waals surface area contributed by atoms with Gasteiger partial charge in [0, 0.05) is 32.2 Å². The summed E-state index contributed by atoms with van der Waals surface area (Å²) >= 11 is 5.83. The van der Waals surface area contributed by atoms with Gasteiger partial charge in [-0.05, 0) is 18.2 Å². The van der Waals surface area contributed by atoms with E-state index in [1.165, 1.54) is 17.0 Å². The summed E-state index contributed by atoms with van der Waals surface area (Å²) in [4.78, 5) is 25.5. The largest absolute Gasteiger partial charge is 0.366 e. The fraction of sp³-hybridized carbons (Fsp3) is 0.235. The van der Waals surface area contributed by atoms with E-state index in [2.05, 4.69) is 0 Å². The Morgan fingerprint density at radius 3 is 2.22 bits per heavy atom. The van der Waals surface area contributed by atoms with Crippen LogP contribution >= 0.6 is 11.6 Å². The van der Waals surface area contributed by atoms with Crippen LogP contribution in [0, 0.1) is 27.6 Å². The fourth-order valence-electron chi connectivity index (χ4n) is 2.87. The minimum atomic E-state index is -1.17. The Morgan fingerprint density at radius 2 is 1.63 bits per heavy atom. The van der Waals surface area contributed by atoms with E-state index in [1.807, 2.05) is 0 Å². The molecule has 2 aromatic rings. The van der Waals surface area contributed by atoms with E-state index in [4.69, 9.17) is 11.6 Å². The van der Waals surface area contributed by atoms with Crippen LogP contribution in [0.4, 0.5) is 24.5 Å². The SMILES string of the molecule is O=C(c1cc(F)c(F)cc1Cl)N1CCN(c2ccc([N+](=O)[O-])cc2F)CC1. The zero-order valence-corrected chi connectivity index (χ0v) is 14.5. The van der Waals surface area contributed by atoms with Gasteiger partial charge in [-0.1, -0.05) is 11.6 Å². The predicted molar refractivity (Wildman–Crippen MR) is 92.5 cm³/mol. The number of nitro groups is 1. The van der Waals surface area contributed by atoms with Gasteiger partial charge in [-0.25, -0.2) is 13.2 Å². The number of anilines is 1. The molecule has 0 atom stereocenters. The zero-order chi connectivity index (χ0) is 19.7. The number of benzene rings is 2. The molecule has 1 amide bonds. The second-order valence-electron chi connectivity index (χ2n) is 5.92. The van der Waals surface area contributed by atoms with Crippen LogP contribution < -0.4 is 4.90 Å². The van der Waals surface area contributed by atoms with Gasteiger partial charge in [-0.3, -0.25) is 14.9 Å². The van der Waals surface area contributed by atoms with Crippen molar-refractivity contribution in [3.63, 3.8) is 0 Å². The Bertz CT molecular complexity index is 918. The van der Waals surface area contributed by atoms with Gasteiger partial charge in [0.25, 0.3) is 11.6 Å². The molecule has 0 saturated carbocycles. The Hall–Kier alpha value is -2.81. The van der Waals surface area contributed by atoms with E-state index >= 15 is 0 Å². The molecule has 0 radical (unpaired) electrons. The molecule has 2 aromatic carbocycles. The number of halogens is 4. The van der Waals surface area contributed by atoms with E-state index in [0.717, 1.165) is 18.2 Å². The number of piperazine rings is 1. The summed E-state index contributed by atoms with van der Waals surface area (Å²) < 4.78 is 40.7. The molecule has 27 heavy (non-hydrogen) atoms. The van der Waals surface area contributed by atoms with Crippen LogP contribution in [0.5, 0.6) is 0 Å². The molecular formula is C17H13ClF3N3O3. The van der Waals surface area contributed by atoms with E-state index in [9.17, 15) is 28.1 Å². The number of amides is 1. The first-order valence-electron chi connectivity index (χ1n) is 7.90. The smallest absolute Gasteiger partial charge is 0.272 e. The van der Waals surface area contributed by atoms with Gasteiger partial charge in [-0.2, -0.15) is 0 Å². The Kier molecular flexibility index (Phi) is 5.22. The third-order valence-electron chi connectivity index (χ3n) is 4.29. The van der Waals surface area contributed by atoms with Crippen molar-refractivity contribution in [2.75, 3.05) is 31.1 Å². The van der Waals surface area contributed by atoms with Crippen LogP contribution in [0.15, 0.2) is 30.3 Å². The zero-order valence-electron chi connectivity index (χ0n) is 13.8. The molecule has 1 saturated heterocycles. The molecule has 142 valence electrons. The van der Waals surface area contributed by atoms with Crippen molar-refractivity contribution >= 4 is 28.9 Å². The first kappa shape index (κ1) is 19.0. The van der Waals surface area contributed by atoms with Crippen LogP contribution in [-0.4, -0.2) is 41.9 Å². The van der Waals surface area contributed by atoms with Gasteiger partial charge in [0.15, 0.2) is 17.5 Å². The minimum Gasteiger partial charge on any atom is -0.366 e. The van der Waals surface area contributed by atoms with Crippen molar-refractivity contribution in [3.8, 4) is 0 Å². The van der Waals surface area contributed by atoms with Gasteiger partial charge in [0.1, 0.15) is 0 Å². The number of carbonyl (C=O) groups is 1. The van der Waals surface area contributed by atoms with Gasteiger partial charge >= 0.3 is 0 Å². The van der Waals surface area contributed by atoms with Crippen LogP contribution in [0.2, 0.25) is 5.02 Å². The maximum Gasteiger partial charge on any atom is 0.272 e. The number of nitrogens with zero attached hydrogens (tertiary/aromatic N) is 3. The molecule has 0 aromatic heterocycles. The van der Waals surface area contributed by atoms with E-state index in [1.54, 1.807) is 4.90 Å². The highest BCUT2D eigenvalue weighted by Gasteiger charge is 2.26. The highest BCUT2D eigenvalue weighted by atomic mass is 35.5. The average molecular weight is 400 g/mol. The van der Waals surface area contributed by atoms with Crippen molar-refractivity contribution < 1.29 is 22.9 Å². The molecule has 1 heterocycles. The van der Waals surface area contributed by atoms with Crippen molar-refractivity contribution in [2.24, 2.45) is 0 Å². The third kappa shape index (κ3) is 3.82. The second kappa shape index (κ2) is 7.43. The molecule has 1 aliphatic heterocycles. The number of hydrogen-bond donors (Lipinski definition) is 0. The topological polar surface area (TPSA) is 66.7 Å². The summed E-state index contributed by atoms with van der Waals surface area (Å²) in [6.07, 6.45) is 0. The maximum atomic E-state index is 14.1. The van der Waals surface area contributed by atoms with Gasteiger partial charge in [0.05, 0.1) is 27.3 Å². The van der Waals surface area contributed by atoms with E-state index in [0.29, 0.717) is 0 Å². The summed E-state index contributed by atoms with van der Waals surface area (Å²) in [6.45, 7) is 0.929. The summed E-state index contributed by atoms with van der Waals surface area (Å²) in [6, 6.07) is 4.86. The monoisotopic (exact) mass is 399 g/mol. The van der Waals surface area contributed by atoms with Crippen LogP contribution in [-0.2, 0) is 0 Å². The fourth-order valence-corrected chi connectivity index (χ4v) is 3.10. The first-order valence-corrected chi connectivity index (χ1v) is 8.28. The molecule has 0 unspecified atom stereocenters. The lowest BCUT2D eigenvalue weighted by molar-refractivity contribution is -0.385. The number of hydrogen-bond acceptors (Lipinski definition) is 4. The van der Waals surface area contributed by atoms with Crippen molar-refractivity contribution in [1.29, 1.82) is 0 Å². The van der Waals surface area contributed by atoms with Crippen LogP contribution in [0.25, 0.3) is 0 Å². The summed E-state index contributed by atoms with van der Waals surface area (Å²) in [5, 5.41) is 10.5. The highest BCUT2D eigenvalue weighted by Crippen LogP contribution is 2.26. The number of nitro benzene ring substituents is 1. The van der Waals surface area contributed by atoms with Crippen molar-refractivity contribution in [1.82, 2.24) is 4.90 Å². The van der Waals surface area contributed by atoms with Crippen LogP contribution in [0.3, 0.4) is 0 Å². The van der Waals surface area contributed by atoms with Crippen LogP contribution in [0.1, 0.15) is 10.4 Å². The third-order valence-corrected chi connectivity index (χ3v) is 4.60. The first-order chi connectivity index (χ1) is 12.8. The van der Waals surface area contributed by atoms with Crippen molar-refractivity contribution in [3.05, 3.63) is 68.5 Å². The Balaban J connectivity index is 1.71. The molecule has 6 nitrogen and oxygen atoms in total. The molecule has 1 aliphatic rings. The summed E-state index contributed by atoms with van der Waals surface area (Å²) in [5.74, 6) is -3.60. The summed E-state index contributed by atoms with van der Waals surface area (Å²) in [7, 11) is 0. The standard InChI is InChI=1S/C17H13ClF3N3O3/c18-12-9-14(20)13(19)8-11(12)17(25)23-5-3-22(4-6-23)16-2-1-10(24(26)27)7-15(16)21/h1-2,7-9H,3-6H2. The summed E-state index contributed by atoms with van der Waals surface area (Å²) in [5.41, 5.74) is -0.304. The lowest BCUT2D eigenvalue weighted by Crippen LogP contribution is -2.49. The molecule has 0 N–H and O–H groups in total. The number of rotatable bonds is 3. The molecule has 1 fully saturated rings. The lowest BCUT2D eigenvalue weighted by atomic mass is 10.1. The molecule has 10 heteroatoms. The number of non-ortho nitro benzene ring substituents is 1. The van der Waals surface area contributed by atoms with E-state index < -0.39 is 28.3 Å². The molecular weight excluding hydrogens is 387 g/mol. The van der Waals surface area contributed by atoms with E-state index in [-0.39, 0.29) is 48.1 Å². The highest BCUT2D eigenvalue weighted by molar-refractivity contribution is 6.33. The Labute approximate surface area is 156 Å². The van der Waals surface area contributed by atoms with Crippen molar-refractivity contribution in [2.45, 2.75) is 0 Å². The minimum absolute atomic E-state index is 0.148. The second-order valence-corrected chi connectivity index (χ2v) is 6.33. The van der Waals surface area contributed by atoms with Gasteiger partial charge in [-0.15, -0.1) is 0 Å². The molecule has 0 spiro atoms. The Morgan fingerprint density at radius 1 is 1.00 bits per heavy atom. The quantitative estimate of drug-likeness (QED) is 0.449. The maximum absolute atomic E-state index is 14.1. The number of carbonyl (C=O) groups excluding carboxylic acids is 1. The normalized spacial score (nSPS) is 14.4. The molecule has 0 aliphatic carbocycles. The predicted octanol–water partition coefficient (Wildman–Crippen LogP) is 3.63. The lowest BCUT2D eigenvalue weighted by Gasteiger charge is -2.36. The van der Waals surface area contributed by atoms with Gasteiger partial charge < -0.3 is 9.80 Å². The average Bonchev–Trinajstić information content (AvgIpc) is 2.64.